The van der Waals surface area contributed by atoms with Crippen molar-refractivity contribution < 1.29 is 14.4 Å². The summed E-state index contributed by atoms with van der Waals surface area (Å²) in [6, 6.07) is 21.3. The van der Waals surface area contributed by atoms with E-state index < -0.39 is 0 Å². The molecule has 0 fully saturated rings. The molecule has 0 aromatic heterocycles. The van der Waals surface area contributed by atoms with Gasteiger partial charge in [0.25, 0.3) is 11.8 Å². The summed E-state index contributed by atoms with van der Waals surface area (Å²) in [5.74, 6) is -0.622. The van der Waals surface area contributed by atoms with E-state index in [9.17, 15) is 14.4 Å². The molecule has 0 saturated heterocycles. The number of amides is 3. The van der Waals surface area contributed by atoms with Crippen molar-refractivity contribution in [3.63, 3.8) is 0 Å². The van der Waals surface area contributed by atoms with Crippen LogP contribution in [0, 0.1) is 6.92 Å². The molecule has 3 amide bonds. The summed E-state index contributed by atoms with van der Waals surface area (Å²) in [7, 11) is 0. The SMILES string of the molecule is Cc1cccc(C(=O)Nc2ccc(NCC(=O)Nc3cccc(C(=O)NC(C)(C)C)c3)cc2)c1. The lowest BCUT2D eigenvalue weighted by Gasteiger charge is -2.20. The normalized spacial score (nSPS) is 10.8. The Morgan fingerprint density at radius 1 is 0.706 bits per heavy atom. The van der Waals surface area contributed by atoms with Crippen LogP contribution >= 0.6 is 0 Å². The van der Waals surface area contributed by atoms with Gasteiger partial charge >= 0.3 is 0 Å². The highest BCUT2D eigenvalue weighted by Gasteiger charge is 2.15. The van der Waals surface area contributed by atoms with E-state index in [4.69, 9.17) is 0 Å². The summed E-state index contributed by atoms with van der Waals surface area (Å²) >= 11 is 0. The van der Waals surface area contributed by atoms with Crippen molar-refractivity contribution >= 4 is 34.8 Å². The Balaban J connectivity index is 1.51. The molecule has 3 rings (SSSR count). The van der Waals surface area contributed by atoms with Crippen LogP contribution in [-0.4, -0.2) is 29.8 Å². The second-order valence-corrected chi connectivity index (χ2v) is 9.09. The van der Waals surface area contributed by atoms with Crippen LogP contribution in [0.1, 0.15) is 47.1 Å². The van der Waals surface area contributed by atoms with Crippen molar-refractivity contribution in [3.8, 4) is 0 Å². The topological polar surface area (TPSA) is 99.3 Å². The third-order valence-corrected chi connectivity index (χ3v) is 4.77. The molecule has 0 aliphatic rings. The molecule has 7 nitrogen and oxygen atoms in total. The number of anilines is 3. The molecule has 0 bridgehead atoms. The first-order valence-corrected chi connectivity index (χ1v) is 11.0. The maximum atomic E-state index is 12.4. The molecule has 4 N–H and O–H groups in total. The van der Waals surface area contributed by atoms with Gasteiger partial charge in [-0.25, -0.2) is 0 Å². The molecule has 34 heavy (non-hydrogen) atoms. The molecule has 0 aliphatic heterocycles. The van der Waals surface area contributed by atoms with Gasteiger partial charge < -0.3 is 21.3 Å². The molecule has 3 aromatic carbocycles. The van der Waals surface area contributed by atoms with E-state index in [1.807, 2.05) is 45.9 Å². The number of rotatable bonds is 7. The third-order valence-electron chi connectivity index (χ3n) is 4.77. The highest BCUT2D eigenvalue weighted by molar-refractivity contribution is 6.04. The third kappa shape index (κ3) is 7.48. The lowest BCUT2D eigenvalue weighted by molar-refractivity contribution is -0.114. The second-order valence-electron chi connectivity index (χ2n) is 9.09. The Hall–Kier alpha value is -4.13. The standard InChI is InChI=1S/C27H30N4O3/c1-18-7-5-8-19(15-18)25(33)30-22-13-11-21(12-14-22)28-17-24(32)29-23-10-6-9-20(16-23)26(34)31-27(2,3)4/h5-16,28H,17H2,1-4H3,(H,29,32)(H,30,33)(H,31,34). The lowest BCUT2D eigenvalue weighted by Crippen LogP contribution is -2.40. The zero-order chi connectivity index (χ0) is 24.7. The van der Waals surface area contributed by atoms with E-state index in [-0.39, 0.29) is 29.8 Å². The highest BCUT2D eigenvalue weighted by atomic mass is 16.2. The molecule has 176 valence electrons. The van der Waals surface area contributed by atoms with Gasteiger partial charge in [-0.15, -0.1) is 0 Å². The van der Waals surface area contributed by atoms with E-state index >= 15 is 0 Å². The molecule has 0 aliphatic carbocycles. The van der Waals surface area contributed by atoms with Crippen molar-refractivity contribution in [1.29, 1.82) is 0 Å². The van der Waals surface area contributed by atoms with Gasteiger partial charge in [-0.05, 0) is 82.3 Å². The van der Waals surface area contributed by atoms with Crippen molar-refractivity contribution in [3.05, 3.63) is 89.5 Å². The second kappa shape index (κ2) is 10.7. The first kappa shape index (κ1) is 24.5. The fourth-order valence-electron chi connectivity index (χ4n) is 3.20. The van der Waals surface area contributed by atoms with Gasteiger partial charge in [0, 0.05) is 33.7 Å². The molecule has 0 radical (unpaired) electrons. The lowest BCUT2D eigenvalue weighted by atomic mass is 10.1. The van der Waals surface area contributed by atoms with Crippen molar-refractivity contribution in [2.45, 2.75) is 33.2 Å². The molecule has 0 unspecified atom stereocenters. The van der Waals surface area contributed by atoms with Crippen LogP contribution in [0.4, 0.5) is 17.1 Å². The Labute approximate surface area is 200 Å². The predicted octanol–water partition coefficient (Wildman–Crippen LogP) is 4.83. The number of hydrogen-bond acceptors (Lipinski definition) is 4. The van der Waals surface area contributed by atoms with Crippen LogP contribution in [-0.2, 0) is 4.79 Å². The Kier molecular flexibility index (Phi) is 7.68. The molecular formula is C27H30N4O3. The fraction of sp³-hybridized carbons (Fsp3) is 0.222. The summed E-state index contributed by atoms with van der Waals surface area (Å²) in [6.07, 6.45) is 0. The molecule has 3 aromatic rings. The van der Waals surface area contributed by atoms with E-state index in [0.29, 0.717) is 22.5 Å². The van der Waals surface area contributed by atoms with Gasteiger partial charge in [-0.2, -0.15) is 0 Å². The van der Waals surface area contributed by atoms with E-state index in [1.54, 1.807) is 54.6 Å². The molecule has 0 spiro atoms. The molecule has 0 atom stereocenters. The quantitative estimate of drug-likeness (QED) is 0.408. The zero-order valence-corrected chi connectivity index (χ0v) is 19.9. The summed E-state index contributed by atoms with van der Waals surface area (Å²) in [6.45, 7) is 7.72. The molecule has 7 heteroatoms. The molecular weight excluding hydrogens is 428 g/mol. The van der Waals surface area contributed by atoms with E-state index in [1.165, 1.54) is 0 Å². The largest absolute Gasteiger partial charge is 0.376 e. The maximum Gasteiger partial charge on any atom is 0.255 e. The van der Waals surface area contributed by atoms with Gasteiger partial charge in [0.2, 0.25) is 5.91 Å². The average molecular weight is 459 g/mol. The number of aryl methyl sites for hydroxylation is 1. The van der Waals surface area contributed by atoms with Gasteiger partial charge in [0.1, 0.15) is 0 Å². The van der Waals surface area contributed by atoms with Gasteiger partial charge in [0.15, 0.2) is 0 Å². The van der Waals surface area contributed by atoms with Gasteiger partial charge in [-0.3, -0.25) is 14.4 Å². The van der Waals surface area contributed by atoms with Crippen molar-refractivity contribution in [2.24, 2.45) is 0 Å². The summed E-state index contributed by atoms with van der Waals surface area (Å²) in [4.78, 5) is 37.1. The first-order valence-electron chi connectivity index (χ1n) is 11.0. The Morgan fingerprint density at radius 3 is 1.97 bits per heavy atom. The Bertz CT molecular complexity index is 1180. The predicted molar refractivity (Wildman–Crippen MR) is 136 cm³/mol. The molecule has 0 saturated carbocycles. The number of benzene rings is 3. The van der Waals surface area contributed by atoms with Crippen LogP contribution in [0.5, 0.6) is 0 Å². The van der Waals surface area contributed by atoms with Crippen LogP contribution in [0.15, 0.2) is 72.8 Å². The Morgan fingerprint density at radius 2 is 1.32 bits per heavy atom. The fourth-order valence-corrected chi connectivity index (χ4v) is 3.20. The minimum absolute atomic E-state index is 0.0490. The van der Waals surface area contributed by atoms with Crippen molar-refractivity contribution in [1.82, 2.24) is 5.32 Å². The minimum atomic E-state index is -0.348. The van der Waals surface area contributed by atoms with Crippen LogP contribution < -0.4 is 21.3 Å². The summed E-state index contributed by atoms with van der Waals surface area (Å²) in [5.41, 5.74) is 3.68. The number of hydrogen-bond donors (Lipinski definition) is 4. The van der Waals surface area contributed by atoms with Crippen LogP contribution in [0.2, 0.25) is 0 Å². The van der Waals surface area contributed by atoms with E-state index in [0.717, 1.165) is 11.3 Å². The summed E-state index contributed by atoms with van der Waals surface area (Å²) < 4.78 is 0. The first-order chi connectivity index (χ1) is 16.1. The smallest absolute Gasteiger partial charge is 0.255 e. The van der Waals surface area contributed by atoms with Gasteiger partial charge in [0.05, 0.1) is 6.54 Å². The zero-order valence-electron chi connectivity index (χ0n) is 19.9. The van der Waals surface area contributed by atoms with Crippen LogP contribution in [0.25, 0.3) is 0 Å². The number of nitrogens with one attached hydrogen (secondary N) is 4. The van der Waals surface area contributed by atoms with E-state index in [2.05, 4.69) is 21.3 Å². The number of carbonyl (C=O) groups excluding carboxylic acids is 3. The monoisotopic (exact) mass is 458 g/mol. The van der Waals surface area contributed by atoms with Crippen LogP contribution in [0.3, 0.4) is 0 Å². The van der Waals surface area contributed by atoms with Gasteiger partial charge in [-0.1, -0.05) is 23.8 Å². The maximum absolute atomic E-state index is 12.4. The van der Waals surface area contributed by atoms with Crippen molar-refractivity contribution in [2.75, 3.05) is 22.5 Å². The minimum Gasteiger partial charge on any atom is -0.376 e. The summed E-state index contributed by atoms with van der Waals surface area (Å²) in [5, 5.41) is 11.6. The molecule has 0 heterocycles. The number of carbonyl (C=O) groups is 3. The highest BCUT2D eigenvalue weighted by Crippen LogP contribution is 2.16. The average Bonchev–Trinajstić information content (AvgIpc) is 2.77.